The smallest absolute Gasteiger partial charge is 0.234 e. The minimum Gasteiger partial charge on any atom is -0.439 e. The van der Waals surface area contributed by atoms with Gasteiger partial charge >= 0.3 is 0 Å². The van der Waals surface area contributed by atoms with Crippen LogP contribution in [0.2, 0.25) is 5.02 Å². The number of nitriles is 1. The van der Waals surface area contributed by atoms with Gasteiger partial charge in [-0.3, -0.25) is 14.7 Å². The third-order valence-corrected chi connectivity index (χ3v) is 5.65. The number of nitrogens with zero attached hydrogens (tertiary/aromatic N) is 4. The maximum Gasteiger partial charge on any atom is 0.234 e. The molecule has 1 N–H and O–H groups in total. The first-order chi connectivity index (χ1) is 16.6. The van der Waals surface area contributed by atoms with Crippen LogP contribution in [0.4, 0.5) is 5.69 Å². The quantitative estimate of drug-likeness (QED) is 0.480. The molecular formula is C26H24ClN5O2. The molecule has 1 atom stereocenters. The summed E-state index contributed by atoms with van der Waals surface area (Å²) in [4.78, 5) is 23.7. The van der Waals surface area contributed by atoms with Gasteiger partial charge in [0.1, 0.15) is 17.5 Å². The van der Waals surface area contributed by atoms with Gasteiger partial charge in [0.05, 0.1) is 19.0 Å². The fourth-order valence-corrected chi connectivity index (χ4v) is 3.80. The van der Waals surface area contributed by atoms with Crippen LogP contribution < -0.4 is 10.1 Å². The van der Waals surface area contributed by atoms with Gasteiger partial charge in [0.15, 0.2) is 0 Å². The molecule has 34 heavy (non-hydrogen) atoms. The van der Waals surface area contributed by atoms with Crippen molar-refractivity contribution in [3.63, 3.8) is 0 Å². The van der Waals surface area contributed by atoms with Crippen molar-refractivity contribution in [2.75, 3.05) is 11.9 Å². The Kier molecular flexibility index (Phi) is 7.41. The Balaban J connectivity index is 1.49. The van der Waals surface area contributed by atoms with Crippen molar-refractivity contribution < 1.29 is 9.53 Å². The molecule has 0 saturated carbocycles. The van der Waals surface area contributed by atoms with Crippen LogP contribution >= 0.6 is 11.6 Å². The van der Waals surface area contributed by atoms with E-state index in [0.29, 0.717) is 35.7 Å². The summed E-state index contributed by atoms with van der Waals surface area (Å²) >= 11 is 6.02. The molecule has 4 rings (SSSR count). The van der Waals surface area contributed by atoms with E-state index in [9.17, 15) is 4.79 Å². The average molecular weight is 474 g/mol. The number of amides is 1. The molecule has 0 bridgehead atoms. The van der Waals surface area contributed by atoms with Gasteiger partial charge in [-0.2, -0.15) is 5.26 Å². The molecule has 7 nitrogen and oxygen atoms in total. The van der Waals surface area contributed by atoms with E-state index in [0.717, 1.165) is 24.1 Å². The van der Waals surface area contributed by atoms with Crippen molar-refractivity contribution in [3.05, 3.63) is 83.0 Å². The second kappa shape index (κ2) is 10.8. The van der Waals surface area contributed by atoms with Crippen LogP contribution in [0.25, 0.3) is 0 Å². The zero-order valence-corrected chi connectivity index (χ0v) is 19.5. The number of aromatic nitrogens is 1. The first-order valence-corrected chi connectivity index (χ1v) is 11.5. The van der Waals surface area contributed by atoms with Gasteiger partial charge in [0.2, 0.25) is 17.7 Å². The van der Waals surface area contributed by atoms with E-state index in [1.807, 2.05) is 42.5 Å². The molecule has 8 heteroatoms. The summed E-state index contributed by atoms with van der Waals surface area (Å²) in [5, 5.41) is 12.9. The van der Waals surface area contributed by atoms with E-state index < -0.39 is 0 Å². The summed E-state index contributed by atoms with van der Waals surface area (Å²) < 4.78 is 5.74. The van der Waals surface area contributed by atoms with Crippen LogP contribution in [0.15, 0.2) is 71.7 Å². The Morgan fingerprint density at radius 2 is 1.91 bits per heavy atom. The summed E-state index contributed by atoms with van der Waals surface area (Å²) in [6.07, 6.45) is 1.73. The third kappa shape index (κ3) is 5.72. The molecule has 1 aliphatic rings. The van der Waals surface area contributed by atoms with Crippen molar-refractivity contribution in [2.24, 2.45) is 10.9 Å². The second-order valence-electron chi connectivity index (χ2n) is 7.93. The van der Waals surface area contributed by atoms with Crippen molar-refractivity contribution in [3.8, 4) is 17.7 Å². The van der Waals surface area contributed by atoms with Crippen molar-refractivity contribution >= 4 is 29.2 Å². The van der Waals surface area contributed by atoms with Crippen molar-refractivity contribution in [1.82, 2.24) is 9.88 Å². The summed E-state index contributed by atoms with van der Waals surface area (Å²) in [6, 6.07) is 21.8. The molecule has 1 unspecified atom stereocenters. The summed E-state index contributed by atoms with van der Waals surface area (Å²) in [7, 11) is 0. The number of hydrogen-bond donors (Lipinski definition) is 1. The summed E-state index contributed by atoms with van der Waals surface area (Å²) in [5.74, 6) is 1.39. The maximum absolute atomic E-state index is 13.2. The predicted molar refractivity (Wildman–Crippen MR) is 132 cm³/mol. The molecule has 0 fully saturated rings. The Labute approximate surface area is 203 Å². The monoisotopic (exact) mass is 473 g/mol. The fourth-order valence-electron chi connectivity index (χ4n) is 3.67. The molecule has 1 aromatic heterocycles. The van der Waals surface area contributed by atoms with Crippen LogP contribution in [-0.2, 0) is 11.3 Å². The van der Waals surface area contributed by atoms with Crippen LogP contribution in [-0.4, -0.2) is 28.3 Å². The van der Waals surface area contributed by atoms with E-state index in [-0.39, 0.29) is 17.5 Å². The average Bonchev–Trinajstić information content (AvgIpc) is 2.85. The number of rotatable bonds is 7. The van der Waals surface area contributed by atoms with Crippen LogP contribution in [0, 0.1) is 17.2 Å². The topological polar surface area (TPSA) is 90.6 Å². The number of nitrogens with one attached hydrogen (secondary N) is 1. The lowest BCUT2D eigenvalue weighted by molar-refractivity contribution is -0.132. The Morgan fingerprint density at radius 3 is 2.62 bits per heavy atom. The SMILES string of the molecule is CCCC1CN=C(Nc2ccc(Oc3cccc(C#N)n3)cc2)N(Cc2ccc(Cl)cc2)C1=O. The lowest BCUT2D eigenvalue weighted by atomic mass is 10.0. The lowest BCUT2D eigenvalue weighted by Gasteiger charge is -2.32. The molecule has 2 heterocycles. The van der Waals surface area contributed by atoms with E-state index >= 15 is 0 Å². The van der Waals surface area contributed by atoms with Gasteiger partial charge < -0.3 is 10.1 Å². The highest BCUT2D eigenvalue weighted by Gasteiger charge is 2.31. The normalized spacial score (nSPS) is 15.4. The van der Waals surface area contributed by atoms with Crippen LogP contribution in [0.3, 0.4) is 0 Å². The highest BCUT2D eigenvalue weighted by molar-refractivity contribution is 6.30. The number of carbonyl (C=O) groups is 1. The number of carbonyl (C=O) groups excluding carboxylic acids is 1. The molecule has 172 valence electrons. The highest BCUT2D eigenvalue weighted by Crippen LogP contribution is 2.24. The van der Waals surface area contributed by atoms with Crippen LogP contribution in [0.1, 0.15) is 31.0 Å². The zero-order chi connectivity index (χ0) is 23.9. The van der Waals surface area contributed by atoms with Gasteiger partial charge in [-0.05, 0) is 54.4 Å². The molecule has 0 radical (unpaired) electrons. The first-order valence-electron chi connectivity index (χ1n) is 11.1. The Hall–Kier alpha value is -3.89. The minimum absolute atomic E-state index is 0.0673. The van der Waals surface area contributed by atoms with Crippen molar-refractivity contribution in [1.29, 1.82) is 5.26 Å². The standard InChI is InChI=1S/C26H24ClN5O2/c1-2-4-19-16-29-26(32(25(19)33)17-18-7-9-20(27)10-8-18)31-21-11-13-23(14-12-21)34-24-6-3-5-22(15-28)30-24/h3,5-14,19H,2,4,16-17H2,1H3,(H,29,31). The zero-order valence-electron chi connectivity index (χ0n) is 18.7. The van der Waals surface area contributed by atoms with E-state index in [1.165, 1.54) is 0 Å². The summed E-state index contributed by atoms with van der Waals surface area (Å²) in [6.45, 7) is 2.95. The van der Waals surface area contributed by atoms with Gasteiger partial charge in [0, 0.05) is 16.8 Å². The predicted octanol–water partition coefficient (Wildman–Crippen LogP) is 5.63. The minimum atomic E-state index is -0.115. The molecule has 2 aromatic carbocycles. The molecule has 1 amide bonds. The first kappa shape index (κ1) is 23.3. The van der Waals surface area contributed by atoms with Crippen LogP contribution in [0.5, 0.6) is 11.6 Å². The van der Waals surface area contributed by atoms with Gasteiger partial charge in [-0.15, -0.1) is 0 Å². The Bertz CT molecular complexity index is 1220. The number of benzene rings is 2. The summed E-state index contributed by atoms with van der Waals surface area (Å²) in [5.41, 5.74) is 2.03. The fraction of sp³-hybridized carbons (Fsp3) is 0.231. The number of ether oxygens (including phenoxy) is 1. The maximum atomic E-state index is 13.2. The lowest BCUT2D eigenvalue weighted by Crippen LogP contribution is -2.48. The Morgan fingerprint density at radius 1 is 1.15 bits per heavy atom. The molecular weight excluding hydrogens is 450 g/mol. The van der Waals surface area contributed by atoms with Gasteiger partial charge in [0.25, 0.3) is 0 Å². The number of halogens is 1. The van der Waals surface area contributed by atoms with E-state index in [4.69, 9.17) is 26.6 Å². The second-order valence-corrected chi connectivity index (χ2v) is 8.36. The molecule has 0 saturated heterocycles. The number of guanidine groups is 1. The molecule has 0 aliphatic carbocycles. The molecule has 0 spiro atoms. The van der Waals surface area contributed by atoms with Gasteiger partial charge in [-0.1, -0.05) is 43.1 Å². The largest absolute Gasteiger partial charge is 0.439 e. The molecule has 1 aliphatic heterocycles. The number of anilines is 1. The highest BCUT2D eigenvalue weighted by atomic mass is 35.5. The molecule has 3 aromatic rings. The number of pyridine rings is 1. The van der Waals surface area contributed by atoms with E-state index in [1.54, 1.807) is 35.2 Å². The number of hydrogen-bond acceptors (Lipinski definition) is 6. The number of aliphatic imine (C=N–C) groups is 1. The third-order valence-electron chi connectivity index (χ3n) is 5.39. The van der Waals surface area contributed by atoms with E-state index in [2.05, 4.69) is 17.2 Å². The van der Waals surface area contributed by atoms with Crippen molar-refractivity contribution in [2.45, 2.75) is 26.3 Å². The van der Waals surface area contributed by atoms with Gasteiger partial charge in [-0.25, -0.2) is 4.98 Å².